The second-order valence-corrected chi connectivity index (χ2v) is 3.30. The van der Waals surface area contributed by atoms with Crippen molar-refractivity contribution in [2.75, 3.05) is 5.73 Å². The summed E-state index contributed by atoms with van der Waals surface area (Å²) in [5, 5.41) is 4.14. The first kappa shape index (κ1) is 9.45. The van der Waals surface area contributed by atoms with Crippen LogP contribution in [0.5, 0.6) is 0 Å². The second-order valence-electron chi connectivity index (χ2n) is 3.30. The van der Waals surface area contributed by atoms with Gasteiger partial charge in [-0.2, -0.15) is 5.10 Å². The highest BCUT2D eigenvalue weighted by Gasteiger charge is 2.00. The molecule has 0 amide bonds. The van der Waals surface area contributed by atoms with Crippen molar-refractivity contribution in [3.8, 4) is 11.3 Å². The summed E-state index contributed by atoms with van der Waals surface area (Å²) < 4.78 is 1.31. The Labute approximate surface area is 87.0 Å². The van der Waals surface area contributed by atoms with E-state index < -0.39 is 0 Å². The Morgan fingerprint density at radius 3 is 2.40 bits per heavy atom. The molecule has 15 heavy (non-hydrogen) atoms. The van der Waals surface area contributed by atoms with Crippen molar-refractivity contribution in [3.63, 3.8) is 0 Å². The standard InChI is InChI=1S/C11H11N3O/c1-14-11(15)7-6-10(13-14)8-2-4-9(12)5-3-8/h2-7H,12H2,1H3. The molecule has 0 fully saturated rings. The van der Waals surface area contributed by atoms with Crippen LogP contribution in [-0.2, 0) is 7.05 Å². The third kappa shape index (κ3) is 1.88. The number of benzene rings is 1. The van der Waals surface area contributed by atoms with Crippen LogP contribution in [0, 0.1) is 0 Å². The predicted molar refractivity (Wildman–Crippen MR) is 59.3 cm³/mol. The van der Waals surface area contributed by atoms with Crippen LogP contribution in [0.25, 0.3) is 11.3 Å². The minimum atomic E-state index is -0.116. The fourth-order valence-corrected chi connectivity index (χ4v) is 1.31. The molecule has 1 aromatic carbocycles. The number of aryl methyl sites for hydroxylation is 1. The summed E-state index contributed by atoms with van der Waals surface area (Å²) in [7, 11) is 1.63. The fourth-order valence-electron chi connectivity index (χ4n) is 1.31. The minimum absolute atomic E-state index is 0.116. The van der Waals surface area contributed by atoms with Crippen molar-refractivity contribution < 1.29 is 0 Å². The lowest BCUT2D eigenvalue weighted by molar-refractivity contribution is 0.712. The van der Waals surface area contributed by atoms with Gasteiger partial charge in [-0.1, -0.05) is 12.1 Å². The molecule has 4 heteroatoms. The van der Waals surface area contributed by atoms with Crippen molar-refractivity contribution in [2.45, 2.75) is 0 Å². The van der Waals surface area contributed by atoms with E-state index in [2.05, 4.69) is 5.10 Å². The Morgan fingerprint density at radius 2 is 1.80 bits per heavy atom. The summed E-state index contributed by atoms with van der Waals surface area (Å²) in [6.07, 6.45) is 0. The molecule has 0 unspecified atom stereocenters. The lowest BCUT2D eigenvalue weighted by Gasteiger charge is -2.02. The highest BCUT2D eigenvalue weighted by molar-refractivity contribution is 5.61. The van der Waals surface area contributed by atoms with E-state index >= 15 is 0 Å². The van der Waals surface area contributed by atoms with Crippen molar-refractivity contribution >= 4 is 5.69 Å². The molecule has 0 aliphatic heterocycles. The summed E-state index contributed by atoms with van der Waals surface area (Å²) in [6, 6.07) is 10.6. The van der Waals surface area contributed by atoms with Crippen LogP contribution in [0.3, 0.4) is 0 Å². The predicted octanol–water partition coefficient (Wildman–Crippen LogP) is 1.03. The maximum Gasteiger partial charge on any atom is 0.266 e. The van der Waals surface area contributed by atoms with Crippen LogP contribution in [0.4, 0.5) is 5.69 Å². The number of nitrogen functional groups attached to an aromatic ring is 1. The third-order valence-electron chi connectivity index (χ3n) is 2.17. The van der Waals surface area contributed by atoms with E-state index in [0.717, 1.165) is 11.3 Å². The summed E-state index contributed by atoms with van der Waals surface area (Å²) in [4.78, 5) is 11.1. The Hall–Kier alpha value is -2.10. The van der Waals surface area contributed by atoms with Gasteiger partial charge in [0.05, 0.1) is 5.69 Å². The lowest BCUT2D eigenvalue weighted by Crippen LogP contribution is -2.18. The molecule has 0 aliphatic rings. The number of hydrogen-bond donors (Lipinski definition) is 1. The van der Waals surface area contributed by atoms with Gasteiger partial charge in [-0.25, -0.2) is 4.68 Å². The quantitative estimate of drug-likeness (QED) is 0.701. The van der Waals surface area contributed by atoms with Gasteiger partial charge in [-0.3, -0.25) is 4.79 Å². The molecule has 76 valence electrons. The van der Waals surface area contributed by atoms with Gasteiger partial charge in [0.25, 0.3) is 5.56 Å². The van der Waals surface area contributed by atoms with Gasteiger partial charge in [-0.05, 0) is 18.2 Å². The SMILES string of the molecule is Cn1nc(-c2ccc(N)cc2)ccc1=O. The molecule has 2 aromatic rings. The van der Waals surface area contributed by atoms with E-state index in [1.54, 1.807) is 13.1 Å². The van der Waals surface area contributed by atoms with E-state index in [0.29, 0.717) is 5.69 Å². The second kappa shape index (κ2) is 3.57. The molecule has 0 saturated carbocycles. The largest absolute Gasteiger partial charge is 0.399 e. The zero-order chi connectivity index (χ0) is 10.8. The first-order valence-corrected chi connectivity index (χ1v) is 4.57. The Morgan fingerprint density at radius 1 is 1.13 bits per heavy atom. The van der Waals surface area contributed by atoms with Crippen LogP contribution in [0.1, 0.15) is 0 Å². The van der Waals surface area contributed by atoms with Gasteiger partial charge in [-0.15, -0.1) is 0 Å². The van der Waals surface area contributed by atoms with E-state index in [9.17, 15) is 4.79 Å². The zero-order valence-electron chi connectivity index (χ0n) is 8.34. The molecule has 1 aromatic heterocycles. The highest BCUT2D eigenvalue weighted by Crippen LogP contribution is 2.16. The van der Waals surface area contributed by atoms with Gasteiger partial charge in [0, 0.05) is 24.4 Å². The fraction of sp³-hybridized carbons (Fsp3) is 0.0909. The molecule has 4 nitrogen and oxygen atoms in total. The molecular weight excluding hydrogens is 190 g/mol. The Kier molecular flexibility index (Phi) is 2.25. The maximum atomic E-state index is 11.1. The van der Waals surface area contributed by atoms with E-state index in [4.69, 9.17) is 5.73 Å². The van der Waals surface area contributed by atoms with Gasteiger partial charge >= 0.3 is 0 Å². The number of anilines is 1. The molecule has 0 spiro atoms. The Bertz CT molecular complexity index is 528. The van der Waals surface area contributed by atoms with Gasteiger partial charge in [0.2, 0.25) is 0 Å². The maximum absolute atomic E-state index is 11.1. The summed E-state index contributed by atoms with van der Waals surface area (Å²) >= 11 is 0. The monoisotopic (exact) mass is 201 g/mol. The van der Waals surface area contributed by atoms with Crippen LogP contribution >= 0.6 is 0 Å². The number of nitrogens with zero attached hydrogens (tertiary/aromatic N) is 2. The summed E-state index contributed by atoms with van der Waals surface area (Å²) in [5.74, 6) is 0. The molecule has 2 rings (SSSR count). The van der Waals surface area contributed by atoms with Crippen molar-refractivity contribution in [3.05, 3.63) is 46.8 Å². The van der Waals surface area contributed by atoms with Crippen LogP contribution in [-0.4, -0.2) is 9.78 Å². The molecule has 0 atom stereocenters. The first-order chi connectivity index (χ1) is 7.16. The molecule has 0 aliphatic carbocycles. The van der Waals surface area contributed by atoms with Gasteiger partial charge < -0.3 is 5.73 Å². The number of hydrogen-bond acceptors (Lipinski definition) is 3. The topological polar surface area (TPSA) is 60.9 Å². The van der Waals surface area contributed by atoms with E-state index in [1.807, 2.05) is 24.3 Å². The van der Waals surface area contributed by atoms with Crippen molar-refractivity contribution in [1.82, 2.24) is 9.78 Å². The number of nitrogens with two attached hydrogens (primary N) is 1. The molecular formula is C11H11N3O. The number of rotatable bonds is 1. The highest BCUT2D eigenvalue weighted by atomic mass is 16.1. The van der Waals surface area contributed by atoms with Crippen LogP contribution in [0.15, 0.2) is 41.2 Å². The average molecular weight is 201 g/mol. The molecule has 1 heterocycles. The zero-order valence-corrected chi connectivity index (χ0v) is 8.34. The molecule has 0 saturated heterocycles. The van der Waals surface area contributed by atoms with Gasteiger partial charge in [0.1, 0.15) is 0 Å². The third-order valence-corrected chi connectivity index (χ3v) is 2.17. The summed E-state index contributed by atoms with van der Waals surface area (Å²) in [6.45, 7) is 0. The van der Waals surface area contributed by atoms with Crippen molar-refractivity contribution in [2.24, 2.45) is 7.05 Å². The van der Waals surface area contributed by atoms with Crippen LogP contribution in [0.2, 0.25) is 0 Å². The average Bonchev–Trinajstić information content (AvgIpc) is 2.23. The normalized spacial score (nSPS) is 10.2. The smallest absolute Gasteiger partial charge is 0.266 e. The lowest BCUT2D eigenvalue weighted by atomic mass is 10.1. The molecule has 2 N–H and O–H groups in total. The molecule has 0 radical (unpaired) electrons. The number of aromatic nitrogens is 2. The minimum Gasteiger partial charge on any atom is -0.399 e. The van der Waals surface area contributed by atoms with Gasteiger partial charge in [0.15, 0.2) is 0 Å². The van der Waals surface area contributed by atoms with E-state index in [1.165, 1.54) is 10.7 Å². The Balaban J connectivity index is 2.50. The van der Waals surface area contributed by atoms with Crippen molar-refractivity contribution in [1.29, 1.82) is 0 Å². The summed E-state index contributed by atoms with van der Waals surface area (Å²) in [5.41, 5.74) is 7.88. The van der Waals surface area contributed by atoms with E-state index in [-0.39, 0.29) is 5.56 Å². The molecule has 0 bridgehead atoms. The van der Waals surface area contributed by atoms with Crippen LogP contribution < -0.4 is 11.3 Å². The first-order valence-electron chi connectivity index (χ1n) is 4.57.